The fourth-order valence-electron chi connectivity index (χ4n) is 4.33. The summed E-state index contributed by atoms with van der Waals surface area (Å²) in [6, 6.07) is 3.52. The van der Waals surface area contributed by atoms with Crippen molar-refractivity contribution in [1.29, 1.82) is 0 Å². The van der Waals surface area contributed by atoms with Gasteiger partial charge in [0, 0.05) is 24.7 Å². The van der Waals surface area contributed by atoms with Crippen LogP contribution in [0.5, 0.6) is 5.75 Å². The van der Waals surface area contributed by atoms with Crippen LogP contribution in [0.4, 0.5) is 10.5 Å². The summed E-state index contributed by atoms with van der Waals surface area (Å²) in [5.74, 6) is 0.782. The minimum atomic E-state index is -0.467. The van der Waals surface area contributed by atoms with Gasteiger partial charge in [0.1, 0.15) is 18.0 Å². The van der Waals surface area contributed by atoms with Crippen LogP contribution in [0.15, 0.2) is 18.5 Å². The Morgan fingerprint density at radius 2 is 1.85 bits per heavy atom. The lowest BCUT2D eigenvalue weighted by Gasteiger charge is -2.41. The van der Waals surface area contributed by atoms with E-state index >= 15 is 0 Å². The van der Waals surface area contributed by atoms with E-state index in [-0.39, 0.29) is 12.1 Å². The van der Waals surface area contributed by atoms with Gasteiger partial charge in [-0.3, -0.25) is 4.98 Å². The third-order valence-electron chi connectivity index (χ3n) is 5.66. The minimum absolute atomic E-state index is 0.0801. The summed E-state index contributed by atoms with van der Waals surface area (Å²) in [6.07, 6.45) is 9.58. The van der Waals surface area contributed by atoms with Gasteiger partial charge in [0.15, 0.2) is 0 Å². The molecule has 0 N–H and O–H groups in total. The first kappa shape index (κ1) is 17.4. The Morgan fingerprint density at radius 1 is 1.15 bits per heavy atom. The number of fused-ring (bicyclic) bond motifs is 2. The molecule has 0 unspecified atom stereocenters. The number of pyridine rings is 1. The molecule has 4 rings (SSSR count). The molecule has 3 saturated heterocycles. The van der Waals surface area contributed by atoms with Crippen LogP contribution in [0, 0.1) is 0 Å². The normalized spacial score (nSPS) is 27.4. The number of hydrogen-bond acceptors (Lipinski definition) is 5. The molecular weight excluding hydrogens is 330 g/mol. The number of likely N-dealkylation sites (tertiary alicyclic amines) is 1. The van der Waals surface area contributed by atoms with Gasteiger partial charge in [0.05, 0.1) is 24.1 Å². The molecule has 0 spiro atoms. The van der Waals surface area contributed by atoms with Gasteiger partial charge in [0.25, 0.3) is 0 Å². The van der Waals surface area contributed by atoms with Gasteiger partial charge in [-0.05, 0) is 52.9 Å². The standard InChI is InChI=1S/C20H29N3O3/c1-20(2,3)26-19(24)22-9-8-16(22)13-25-18-10-17(11-21-12-18)23-14-4-5-15(23)7-6-14/h10-12,14-16H,4-9,13H2,1-3H3/t14?,15?,16-/m0/s1. The molecule has 142 valence electrons. The third kappa shape index (κ3) is 3.46. The first-order valence-corrected chi connectivity index (χ1v) is 9.76. The van der Waals surface area contributed by atoms with Crippen LogP contribution in [-0.4, -0.2) is 52.9 Å². The first-order chi connectivity index (χ1) is 12.4. The Morgan fingerprint density at radius 3 is 2.42 bits per heavy atom. The fourth-order valence-corrected chi connectivity index (χ4v) is 4.33. The highest BCUT2D eigenvalue weighted by Crippen LogP contribution is 2.41. The Kier molecular flexibility index (Phi) is 4.45. The van der Waals surface area contributed by atoms with Crippen molar-refractivity contribution in [3.8, 4) is 5.75 Å². The van der Waals surface area contributed by atoms with Crippen molar-refractivity contribution in [3.63, 3.8) is 0 Å². The van der Waals surface area contributed by atoms with Gasteiger partial charge < -0.3 is 19.3 Å². The molecular formula is C20H29N3O3. The molecule has 4 heterocycles. The molecule has 1 aromatic rings. The highest BCUT2D eigenvalue weighted by Gasteiger charge is 2.39. The number of rotatable bonds is 4. The zero-order valence-corrected chi connectivity index (χ0v) is 16.0. The van der Waals surface area contributed by atoms with Crippen LogP contribution < -0.4 is 9.64 Å². The molecule has 0 aromatic carbocycles. The Hall–Kier alpha value is -1.98. The van der Waals surface area contributed by atoms with Crippen molar-refractivity contribution in [1.82, 2.24) is 9.88 Å². The second-order valence-electron chi connectivity index (χ2n) is 8.68. The lowest BCUT2D eigenvalue weighted by molar-refractivity contribution is -0.0141. The fraction of sp³-hybridized carbons (Fsp3) is 0.700. The minimum Gasteiger partial charge on any atom is -0.490 e. The molecule has 1 amide bonds. The van der Waals surface area contributed by atoms with Crippen LogP contribution in [-0.2, 0) is 4.74 Å². The maximum Gasteiger partial charge on any atom is 0.410 e. The second kappa shape index (κ2) is 6.63. The molecule has 6 nitrogen and oxygen atoms in total. The molecule has 3 aliphatic heterocycles. The molecule has 3 aliphatic rings. The van der Waals surface area contributed by atoms with Crippen LogP contribution in [0.1, 0.15) is 52.9 Å². The highest BCUT2D eigenvalue weighted by molar-refractivity contribution is 5.69. The van der Waals surface area contributed by atoms with E-state index in [1.54, 1.807) is 11.1 Å². The van der Waals surface area contributed by atoms with Crippen LogP contribution in [0.2, 0.25) is 0 Å². The van der Waals surface area contributed by atoms with Gasteiger partial charge in [-0.15, -0.1) is 0 Å². The number of amides is 1. The monoisotopic (exact) mass is 359 g/mol. The quantitative estimate of drug-likeness (QED) is 0.822. The van der Waals surface area contributed by atoms with Gasteiger partial charge >= 0.3 is 6.09 Å². The number of aromatic nitrogens is 1. The van der Waals surface area contributed by atoms with E-state index in [9.17, 15) is 4.79 Å². The smallest absolute Gasteiger partial charge is 0.410 e. The number of ether oxygens (including phenoxy) is 2. The maximum atomic E-state index is 12.2. The average molecular weight is 359 g/mol. The van der Waals surface area contributed by atoms with Crippen LogP contribution in [0.25, 0.3) is 0 Å². The van der Waals surface area contributed by atoms with E-state index in [0.29, 0.717) is 18.7 Å². The van der Waals surface area contributed by atoms with Crippen molar-refractivity contribution in [2.75, 3.05) is 18.1 Å². The number of carbonyl (C=O) groups is 1. The van der Waals surface area contributed by atoms with Gasteiger partial charge in [-0.2, -0.15) is 0 Å². The van der Waals surface area contributed by atoms with Crippen molar-refractivity contribution in [2.45, 2.75) is 76.6 Å². The highest BCUT2D eigenvalue weighted by atomic mass is 16.6. The topological polar surface area (TPSA) is 54.9 Å². The lowest BCUT2D eigenvalue weighted by atomic mass is 10.0. The average Bonchev–Trinajstić information content (AvgIpc) is 3.12. The summed E-state index contributed by atoms with van der Waals surface area (Å²) in [5, 5.41) is 0. The number of nitrogens with zero attached hydrogens (tertiary/aromatic N) is 3. The number of anilines is 1. The van der Waals surface area contributed by atoms with Crippen LogP contribution in [0.3, 0.4) is 0 Å². The maximum absolute atomic E-state index is 12.2. The summed E-state index contributed by atoms with van der Waals surface area (Å²) >= 11 is 0. The van der Waals surface area contributed by atoms with E-state index in [1.165, 1.54) is 31.4 Å². The zero-order valence-electron chi connectivity index (χ0n) is 16.0. The van der Waals surface area contributed by atoms with E-state index in [1.807, 2.05) is 27.0 Å². The van der Waals surface area contributed by atoms with Gasteiger partial charge in [-0.25, -0.2) is 4.79 Å². The largest absolute Gasteiger partial charge is 0.490 e. The Balaban J connectivity index is 1.34. The zero-order chi connectivity index (χ0) is 18.3. The molecule has 1 aromatic heterocycles. The van der Waals surface area contributed by atoms with E-state index < -0.39 is 5.60 Å². The molecule has 2 bridgehead atoms. The number of carbonyl (C=O) groups excluding carboxylic acids is 1. The molecule has 6 heteroatoms. The molecule has 0 aliphatic carbocycles. The van der Waals surface area contributed by atoms with Crippen molar-refractivity contribution < 1.29 is 14.3 Å². The van der Waals surface area contributed by atoms with Gasteiger partial charge in [-0.1, -0.05) is 0 Å². The molecule has 0 radical (unpaired) electrons. The van der Waals surface area contributed by atoms with Crippen molar-refractivity contribution >= 4 is 11.8 Å². The summed E-state index contributed by atoms with van der Waals surface area (Å²) < 4.78 is 11.4. The second-order valence-corrected chi connectivity index (χ2v) is 8.68. The summed E-state index contributed by atoms with van der Waals surface area (Å²) in [4.78, 5) is 20.9. The Labute approximate surface area is 155 Å². The predicted molar refractivity (Wildman–Crippen MR) is 99.6 cm³/mol. The summed E-state index contributed by atoms with van der Waals surface area (Å²) in [6.45, 7) is 6.88. The molecule has 3 fully saturated rings. The molecule has 0 saturated carbocycles. The van der Waals surface area contributed by atoms with E-state index in [4.69, 9.17) is 9.47 Å². The Bertz CT molecular complexity index is 653. The lowest BCUT2D eigenvalue weighted by Crippen LogP contribution is -2.55. The third-order valence-corrected chi connectivity index (χ3v) is 5.66. The summed E-state index contributed by atoms with van der Waals surface area (Å²) in [7, 11) is 0. The predicted octanol–water partition coefficient (Wildman–Crippen LogP) is 3.60. The summed E-state index contributed by atoms with van der Waals surface area (Å²) in [5.41, 5.74) is 0.705. The first-order valence-electron chi connectivity index (χ1n) is 9.76. The SMILES string of the molecule is CC(C)(C)OC(=O)N1CC[C@H]1COc1cncc(N2C3CCC2CC3)c1. The number of hydrogen-bond donors (Lipinski definition) is 0. The van der Waals surface area contributed by atoms with E-state index in [0.717, 1.165) is 18.7 Å². The molecule has 26 heavy (non-hydrogen) atoms. The van der Waals surface area contributed by atoms with E-state index in [2.05, 4.69) is 16.0 Å². The van der Waals surface area contributed by atoms with Crippen LogP contribution >= 0.6 is 0 Å². The molecule has 1 atom stereocenters. The van der Waals surface area contributed by atoms with Crippen molar-refractivity contribution in [3.05, 3.63) is 18.5 Å². The van der Waals surface area contributed by atoms with Crippen molar-refractivity contribution in [2.24, 2.45) is 0 Å². The van der Waals surface area contributed by atoms with Gasteiger partial charge in [0.2, 0.25) is 0 Å².